The number of carbonyl (C=O) groups excluding carboxylic acids is 1. The summed E-state index contributed by atoms with van der Waals surface area (Å²) in [5.41, 5.74) is 2.31. The molecule has 2 heterocycles. The summed E-state index contributed by atoms with van der Waals surface area (Å²) in [5.74, 6) is 0.706. The third kappa shape index (κ3) is 4.84. The second kappa shape index (κ2) is 8.92. The van der Waals surface area contributed by atoms with Crippen LogP contribution in [0.25, 0.3) is 11.3 Å². The van der Waals surface area contributed by atoms with Crippen molar-refractivity contribution >= 4 is 17.3 Å². The molecule has 0 aliphatic carbocycles. The van der Waals surface area contributed by atoms with Crippen LogP contribution >= 0.6 is 0 Å². The molecule has 150 valence electrons. The van der Waals surface area contributed by atoms with E-state index in [9.17, 15) is 9.18 Å². The third-order valence-corrected chi connectivity index (χ3v) is 4.93. The molecule has 0 spiro atoms. The third-order valence-electron chi connectivity index (χ3n) is 4.93. The van der Waals surface area contributed by atoms with Crippen LogP contribution in [0.3, 0.4) is 0 Å². The molecule has 29 heavy (non-hydrogen) atoms. The molecule has 1 N–H and O–H groups in total. The lowest BCUT2D eigenvalue weighted by Gasteiger charge is -2.28. The molecule has 0 radical (unpaired) electrons. The van der Waals surface area contributed by atoms with Crippen molar-refractivity contribution in [1.29, 1.82) is 0 Å². The molecule has 1 saturated heterocycles. The zero-order chi connectivity index (χ0) is 20.1. The Morgan fingerprint density at radius 2 is 1.76 bits per heavy atom. The van der Waals surface area contributed by atoms with E-state index in [-0.39, 0.29) is 18.1 Å². The molecule has 0 saturated carbocycles. The van der Waals surface area contributed by atoms with Crippen LogP contribution in [0.2, 0.25) is 0 Å². The fraction of sp³-hybridized carbons (Fsp3) is 0.261. The van der Waals surface area contributed by atoms with E-state index in [2.05, 4.69) is 10.2 Å². The molecule has 0 unspecified atom stereocenters. The van der Waals surface area contributed by atoms with E-state index in [1.54, 1.807) is 30.3 Å². The van der Waals surface area contributed by atoms with Gasteiger partial charge in [0.1, 0.15) is 17.3 Å². The molecule has 1 aromatic heterocycles. The fourth-order valence-corrected chi connectivity index (χ4v) is 3.36. The maximum atomic E-state index is 13.9. The number of hydrogen-bond acceptors (Lipinski definition) is 4. The van der Waals surface area contributed by atoms with Gasteiger partial charge in [-0.3, -0.25) is 4.79 Å². The first kappa shape index (κ1) is 19.2. The van der Waals surface area contributed by atoms with Crippen LogP contribution < -0.4 is 10.2 Å². The highest BCUT2D eigenvalue weighted by Crippen LogP contribution is 2.25. The molecule has 1 aliphatic rings. The topological polar surface area (TPSA) is 54.7 Å². The lowest BCUT2D eigenvalue weighted by atomic mass is 10.1. The number of rotatable bonds is 6. The molecule has 2 aromatic carbocycles. The first-order valence-corrected chi connectivity index (χ1v) is 9.75. The summed E-state index contributed by atoms with van der Waals surface area (Å²) in [6.07, 6.45) is 0.738. The summed E-state index contributed by atoms with van der Waals surface area (Å²) in [5, 5.41) is 2.91. The summed E-state index contributed by atoms with van der Waals surface area (Å²) in [6.45, 7) is 3.24. The molecular formula is C23H23FN2O3. The maximum absolute atomic E-state index is 13.9. The van der Waals surface area contributed by atoms with Gasteiger partial charge in [-0.05, 0) is 48.5 Å². The number of ether oxygens (including phenoxy) is 1. The number of anilines is 2. The van der Waals surface area contributed by atoms with E-state index in [0.717, 1.165) is 37.7 Å². The number of carbonyl (C=O) groups is 1. The highest BCUT2D eigenvalue weighted by atomic mass is 19.1. The number of amides is 1. The molecule has 6 heteroatoms. The standard InChI is InChI=1S/C23H23FN2O3/c24-21-4-2-1-3-20(21)22-11-9-19(29-22)10-12-23(27)25-17-5-7-18(8-6-17)26-13-15-28-16-14-26/h1-9,11H,10,12-16H2,(H,25,27). The van der Waals surface area contributed by atoms with Crippen molar-refractivity contribution in [2.24, 2.45) is 0 Å². The molecule has 3 aromatic rings. The number of morpholine rings is 1. The number of benzene rings is 2. The quantitative estimate of drug-likeness (QED) is 0.669. The molecular weight excluding hydrogens is 371 g/mol. The summed E-state index contributed by atoms with van der Waals surface area (Å²) >= 11 is 0. The molecule has 4 rings (SSSR count). The van der Waals surface area contributed by atoms with Crippen molar-refractivity contribution in [1.82, 2.24) is 0 Å². The lowest BCUT2D eigenvalue weighted by molar-refractivity contribution is -0.116. The Balaban J connectivity index is 1.30. The monoisotopic (exact) mass is 394 g/mol. The van der Waals surface area contributed by atoms with Crippen molar-refractivity contribution < 1.29 is 18.3 Å². The Morgan fingerprint density at radius 3 is 2.52 bits per heavy atom. The second-order valence-corrected chi connectivity index (χ2v) is 6.94. The van der Waals surface area contributed by atoms with Crippen LogP contribution in [0, 0.1) is 5.82 Å². The minimum atomic E-state index is -0.327. The Kier molecular flexibility index (Phi) is 5.91. The van der Waals surface area contributed by atoms with Gasteiger partial charge in [-0.1, -0.05) is 12.1 Å². The number of halogens is 1. The number of furan rings is 1. The summed E-state index contributed by atoms with van der Waals surface area (Å²) < 4.78 is 24.9. The molecule has 1 amide bonds. The average molecular weight is 394 g/mol. The minimum absolute atomic E-state index is 0.0898. The SMILES string of the molecule is O=C(CCc1ccc(-c2ccccc2F)o1)Nc1ccc(N2CCOCC2)cc1. The fourth-order valence-electron chi connectivity index (χ4n) is 3.36. The Labute approximate surface area is 169 Å². The Bertz CT molecular complexity index is 962. The molecule has 1 fully saturated rings. The minimum Gasteiger partial charge on any atom is -0.461 e. The van der Waals surface area contributed by atoms with Crippen LogP contribution in [0.1, 0.15) is 12.2 Å². The van der Waals surface area contributed by atoms with Gasteiger partial charge >= 0.3 is 0 Å². The van der Waals surface area contributed by atoms with Crippen LogP contribution in [0.4, 0.5) is 15.8 Å². The van der Waals surface area contributed by atoms with Crippen molar-refractivity contribution in [2.45, 2.75) is 12.8 Å². The van der Waals surface area contributed by atoms with Crippen molar-refractivity contribution in [2.75, 3.05) is 36.5 Å². The van der Waals surface area contributed by atoms with E-state index in [1.807, 2.05) is 24.3 Å². The van der Waals surface area contributed by atoms with Gasteiger partial charge < -0.3 is 19.4 Å². The average Bonchev–Trinajstić information content (AvgIpc) is 3.23. The molecule has 5 nitrogen and oxygen atoms in total. The Morgan fingerprint density at radius 1 is 1.00 bits per heavy atom. The van der Waals surface area contributed by atoms with Gasteiger partial charge in [-0.15, -0.1) is 0 Å². The van der Waals surface area contributed by atoms with Gasteiger partial charge in [-0.2, -0.15) is 0 Å². The number of aryl methyl sites for hydroxylation is 1. The largest absolute Gasteiger partial charge is 0.461 e. The van der Waals surface area contributed by atoms with E-state index < -0.39 is 0 Å². The van der Waals surface area contributed by atoms with Gasteiger partial charge in [0, 0.05) is 37.3 Å². The maximum Gasteiger partial charge on any atom is 0.224 e. The van der Waals surface area contributed by atoms with Gasteiger partial charge in [0.25, 0.3) is 0 Å². The normalized spacial score (nSPS) is 14.0. The van der Waals surface area contributed by atoms with E-state index in [4.69, 9.17) is 9.15 Å². The van der Waals surface area contributed by atoms with Crippen molar-refractivity contribution in [3.05, 3.63) is 72.2 Å². The number of nitrogens with one attached hydrogen (secondary N) is 1. The van der Waals surface area contributed by atoms with Gasteiger partial charge in [0.2, 0.25) is 5.91 Å². The summed E-state index contributed by atoms with van der Waals surface area (Å²) in [7, 11) is 0. The predicted molar refractivity (Wildman–Crippen MR) is 111 cm³/mol. The van der Waals surface area contributed by atoms with Crippen LogP contribution in [-0.4, -0.2) is 32.2 Å². The lowest BCUT2D eigenvalue weighted by Crippen LogP contribution is -2.36. The summed E-state index contributed by atoms with van der Waals surface area (Å²) in [6, 6.07) is 17.8. The number of hydrogen-bond donors (Lipinski definition) is 1. The van der Waals surface area contributed by atoms with Crippen LogP contribution in [-0.2, 0) is 16.0 Å². The second-order valence-electron chi connectivity index (χ2n) is 6.94. The van der Waals surface area contributed by atoms with Gasteiger partial charge in [-0.25, -0.2) is 4.39 Å². The predicted octanol–water partition coefficient (Wildman–Crippen LogP) is 4.49. The highest BCUT2D eigenvalue weighted by Gasteiger charge is 2.12. The smallest absolute Gasteiger partial charge is 0.224 e. The highest BCUT2D eigenvalue weighted by molar-refractivity contribution is 5.91. The summed E-state index contributed by atoms with van der Waals surface area (Å²) in [4.78, 5) is 14.5. The first-order valence-electron chi connectivity index (χ1n) is 9.75. The first-order chi connectivity index (χ1) is 14.2. The van der Waals surface area contributed by atoms with E-state index in [0.29, 0.717) is 23.5 Å². The van der Waals surface area contributed by atoms with E-state index in [1.165, 1.54) is 6.07 Å². The molecule has 0 atom stereocenters. The molecule has 0 bridgehead atoms. The Hall–Kier alpha value is -3.12. The van der Waals surface area contributed by atoms with Gasteiger partial charge in [0.05, 0.1) is 18.8 Å². The molecule has 1 aliphatic heterocycles. The van der Waals surface area contributed by atoms with Crippen molar-refractivity contribution in [3.8, 4) is 11.3 Å². The van der Waals surface area contributed by atoms with Gasteiger partial charge in [0.15, 0.2) is 0 Å². The van der Waals surface area contributed by atoms with Crippen molar-refractivity contribution in [3.63, 3.8) is 0 Å². The van der Waals surface area contributed by atoms with Crippen LogP contribution in [0.15, 0.2) is 65.1 Å². The zero-order valence-corrected chi connectivity index (χ0v) is 16.1. The van der Waals surface area contributed by atoms with E-state index >= 15 is 0 Å². The zero-order valence-electron chi connectivity index (χ0n) is 16.1. The number of nitrogens with zero attached hydrogens (tertiary/aromatic N) is 1. The van der Waals surface area contributed by atoms with Crippen LogP contribution in [0.5, 0.6) is 0 Å².